The Morgan fingerprint density at radius 3 is 2.86 bits per heavy atom. The van der Waals surface area contributed by atoms with Gasteiger partial charge in [0.2, 0.25) is 0 Å². The fourth-order valence-corrected chi connectivity index (χ4v) is 3.35. The number of rotatable bonds is 9. The lowest BCUT2D eigenvalue weighted by atomic mass is 10.2. The third-order valence-corrected chi connectivity index (χ3v) is 5.03. The topological polar surface area (TPSA) is 82.6 Å². The summed E-state index contributed by atoms with van der Waals surface area (Å²) in [5, 5.41) is 5.74. The monoisotopic (exact) mass is 477 g/mol. The van der Waals surface area contributed by atoms with Gasteiger partial charge in [0.1, 0.15) is 5.75 Å². The zero-order valence-electron chi connectivity index (χ0n) is 15.9. The fourth-order valence-electron chi connectivity index (χ4n) is 2.35. The number of hydrogen-bond acceptors (Lipinski definition) is 8. The predicted molar refractivity (Wildman–Crippen MR) is 115 cm³/mol. The minimum Gasteiger partial charge on any atom is -0.469 e. The number of carbonyl (C=O) groups excluding carboxylic acids is 1. The maximum Gasteiger partial charge on any atom is 0.310 e. The lowest BCUT2D eigenvalue weighted by molar-refractivity contribution is -0.147. The number of esters is 1. The number of anilines is 2. The Kier molecular flexibility index (Phi) is 7.56. The standard InChI is InChI=1S/C20H20BrN3O4S/c1-13(19(25)26-2)10-27-11-15-12-29-20(23-15)24-18-17(8-14(21)9-22-18)28-16-6-4-3-5-7-16/h3-9,12-13H,10-11H2,1-2H3,(H,22,23,24). The molecule has 0 aliphatic heterocycles. The molecule has 3 aromatic rings. The van der Waals surface area contributed by atoms with E-state index in [1.807, 2.05) is 41.8 Å². The lowest BCUT2D eigenvalue weighted by Crippen LogP contribution is -2.18. The second-order valence-corrected chi connectivity index (χ2v) is 7.90. The van der Waals surface area contributed by atoms with E-state index in [2.05, 4.69) is 36.0 Å². The number of ether oxygens (including phenoxy) is 3. The van der Waals surface area contributed by atoms with E-state index in [1.165, 1.54) is 18.4 Å². The summed E-state index contributed by atoms with van der Waals surface area (Å²) in [5.41, 5.74) is 0.761. The number of carbonyl (C=O) groups is 1. The largest absolute Gasteiger partial charge is 0.469 e. The van der Waals surface area contributed by atoms with Crippen LogP contribution in [0.4, 0.5) is 10.9 Å². The van der Waals surface area contributed by atoms with Gasteiger partial charge in [-0.1, -0.05) is 18.2 Å². The third kappa shape index (κ3) is 6.25. The highest BCUT2D eigenvalue weighted by Gasteiger charge is 2.14. The number of nitrogens with one attached hydrogen (secondary N) is 1. The third-order valence-electron chi connectivity index (χ3n) is 3.79. The summed E-state index contributed by atoms with van der Waals surface area (Å²) in [6, 6.07) is 11.3. The Labute approximate surface area is 181 Å². The molecular weight excluding hydrogens is 458 g/mol. The second-order valence-electron chi connectivity index (χ2n) is 6.12. The average Bonchev–Trinajstić information content (AvgIpc) is 3.17. The van der Waals surface area contributed by atoms with Crippen LogP contribution in [0.25, 0.3) is 0 Å². The SMILES string of the molecule is COC(=O)C(C)COCc1csc(Nc2ncc(Br)cc2Oc2ccccc2)n1. The lowest BCUT2D eigenvalue weighted by Gasteiger charge is -2.11. The summed E-state index contributed by atoms with van der Waals surface area (Å²) in [7, 11) is 1.36. The van der Waals surface area contributed by atoms with E-state index in [0.717, 1.165) is 10.2 Å². The first-order chi connectivity index (χ1) is 14.0. The van der Waals surface area contributed by atoms with Gasteiger partial charge >= 0.3 is 5.97 Å². The first-order valence-corrected chi connectivity index (χ1v) is 10.5. The maximum atomic E-state index is 11.4. The van der Waals surface area contributed by atoms with E-state index < -0.39 is 0 Å². The Balaban J connectivity index is 1.63. The molecule has 152 valence electrons. The first-order valence-electron chi connectivity index (χ1n) is 8.80. The zero-order valence-corrected chi connectivity index (χ0v) is 18.3. The van der Waals surface area contributed by atoms with Crippen molar-refractivity contribution in [2.75, 3.05) is 19.0 Å². The van der Waals surface area contributed by atoms with Gasteiger partial charge in [-0.2, -0.15) is 0 Å². The van der Waals surface area contributed by atoms with Gasteiger partial charge in [-0.3, -0.25) is 4.79 Å². The molecule has 3 rings (SSSR count). The summed E-state index contributed by atoms with van der Waals surface area (Å²) in [5.74, 6) is 1.23. The second kappa shape index (κ2) is 10.3. The molecule has 0 bridgehead atoms. The fraction of sp³-hybridized carbons (Fsp3) is 0.250. The van der Waals surface area contributed by atoms with Crippen LogP contribution in [0, 0.1) is 5.92 Å². The molecular formula is C20H20BrN3O4S. The van der Waals surface area contributed by atoms with Crippen molar-refractivity contribution in [3.05, 3.63) is 58.1 Å². The minimum atomic E-state index is -0.319. The van der Waals surface area contributed by atoms with E-state index in [1.54, 1.807) is 13.1 Å². The van der Waals surface area contributed by atoms with Crippen molar-refractivity contribution in [2.24, 2.45) is 5.92 Å². The molecule has 1 N–H and O–H groups in total. The molecule has 0 radical (unpaired) electrons. The summed E-state index contributed by atoms with van der Waals surface area (Å²) in [4.78, 5) is 20.3. The van der Waals surface area contributed by atoms with Crippen LogP contribution in [0.5, 0.6) is 11.5 Å². The minimum absolute atomic E-state index is 0.274. The van der Waals surface area contributed by atoms with Crippen molar-refractivity contribution in [3.63, 3.8) is 0 Å². The number of pyridine rings is 1. The molecule has 9 heteroatoms. The molecule has 2 aromatic heterocycles. The van der Waals surface area contributed by atoms with Crippen LogP contribution in [0.2, 0.25) is 0 Å². The van der Waals surface area contributed by atoms with Crippen molar-refractivity contribution in [1.82, 2.24) is 9.97 Å². The Morgan fingerprint density at radius 1 is 1.31 bits per heavy atom. The van der Waals surface area contributed by atoms with Crippen LogP contribution < -0.4 is 10.1 Å². The Bertz CT molecular complexity index is 952. The van der Waals surface area contributed by atoms with E-state index >= 15 is 0 Å². The van der Waals surface area contributed by atoms with Gasteiger partial charge < -0.3 is 19.5 Å². The number of aromatic nitrogens is 2. The van der Waals surface area contributed by atoms with Gasteiger partial charge in [-0.05, 0) is 35.0 Å². The summed E-state index contributed by atoms with van der Waals surface area (Å²) >= 11 is 4.85. The molecule has 29 heavy (non-hydrogen) atoms. The first kappa shape index (κ1) is 21.2. The van der Waals surface area contributed by atoms with Crippen LogP contribution in [0.15, 0.2) is 52.4 Å². The molecule has 0 aliphatic rings. The highest BCUT2D eigenvalue weighted by atomic mass is 79.9. The molecule has 7 nitrogen and oxygen atoms in total. The van der Waals surface area contributed by atoms with Crippen molar-refractivity contribution in [2.45, 2.75) is 13.5 Å². The summed E-state index contributed by atoms with van der Waals surface area (Å²) in [6.07, 6.45) is 1.69. The molecule has 0 amide bonds. The summed E-state index contributed by atoms with van der Waals surface area (Å²) in [6.45, 7) is 2.34. The summed E-state index contributed by atoms with van der Waals surface area (Å²) < 4.78 is 17.0. The van der Waals surface area contributed by atoms with E-state index in [-0.39, 0.29) is 18.5 Å². The van der Waals surface area contributed by atoms with E-state index in [9.17, 15) is 4.79 Å². The number of methoxy groups -OCH3 is 1. The van der Waals surface area contributed by atoms with Gasteiger partial charge in [0.25, 0.3) is 0 Å². The van der Waals surface area contributed by atoms with Crippen molar-refractivity contribution < 1.29 is 19.0 Å². The Hall–Kier alpha value is -2.49. The van der Waals surface area contributed by atoms with Crippen LogP contribution >= 0.6 is 27.3 Å². The number of halogens is 1. The molecule has 0 aliphatic carbocycles. The van der Waals surface area contributed by atoms with Crippen molar-refractivity contribution in [1.29, 1.82) is 0 Å². The molecule has 0 spiro atoms. The smallest absolute Gasteiger partial charge is 0.310 e. The van der Waals surface area contributed by atoms with Gasteiger partial charge in [0.15, 0.2) is 16.7 Å². The molecule has 1 aromatic carbocycles. The number of benzene rings is 1. The number of para-hydroxylation sites is 1. The van der Waals surface area contributed by atoms with Crippen molar-refractivity contribution in [3.8, 4) is 11.5 Å². The molecule has 2 heterocycles. The number of hydrogen-bond donors (Lipinski definition) is 1. The van der Waals surface area contributed by atoms with E-state index in [0.29, 0.717) is 29.1 Å². The molecule has 1 atom stereocenters. The normalized spacial score (nSPS) is 11.7. The van der Waals surface area contributed by atoms with E-state index in [4.69, 9.17) is 9.47 Å². The molecule has 1 unspecified atom stereocenters. The van der Waals surface area contributed by atoms with Gasteiger partial charge in [0.05, 0.1) is 31.9 Å². The highest BCUT2D eigenvalue weighted by molar-refractivity contribution is 9.10. The van der Waals surface area contributed by atoms with Crippen molar-refractivity contribution >= 4 is 44.2 Å². The zero-order chi connectivity index (χ0) is 20.6. The highest BCUT2D eigenvalue weighted by Crippen LogP contribution is 2.33. The van der Waals surface area contributed by atoms with Gasteiger partial charge in [0, 0.05) is 22.1 Å². The number of nitrogens with zero attached hydrogens (tertiary/aromatic N) is 2. The quantitative estimate of drug-likeness (QED) is 0.426. The van der Waals surface area contributed by atoms with Gasteiger partial charge in [-0.25, -0.2) is 9.97 Å². The maximum absolute atomic E-state index is 11.4. The molecule has 0 fully saturated rings. The van der Waals surface area contributed by atoms with Crippen LogP contribution in [0.1, 0.15) is 12.6 Å². The van der Waals surface area contributed by atoms with Crippen LogP contribution in [-0.2, 0) is 20.9 Å². The molecule has 0 saturated carbocycles. The van der Waals surface area contributed by atoms with Crippen LogP contribution in [0.3, 0.4) is 0 Å². The predicted octanol–water partition coefficient (Wildman–Crippen LogP) is 5.16. The number of thiazole rings is 1. The Morgan fingerprint density at radius 2 is 2.10 bits per heavy atom. The average molecular weight is 478 g/mol. The van der Waals surface area contributed by atoms with Gasteiger partial charge in [-0.15, -0.1) is 11.3 Å². The van der Waals surface area contributed by atoms with Crippen LogP contribution in [-0.4, -0.2) is 29.7 Å². The molecule has 0 saturated heterocycles.